The third-order valence-corrected chi connectivity index (χ3v) is 2.30. The van der Waals surface area contributed by atoms with Crippen LogP contribution >= 0.6 is 0 Å². The lowest BCUT2D eigenvalue weighted by Crippen LogP contribution is -2.24. The van der Waals surface area contributed by atoms with Crippen molar-refractivity contribution in [3.8, 4) is 0 Å². The Kier molecular flexibility index (Phi) is 2.07. The molecule has 0 atom stereocenters. The van der Waals surface area contributed by atoms with Crippen molar-refractivity contribution >= 4 is 22.7 Å². The molecule has 1 heterocycles. The van der Waals surface area contributed by atoms with E-state index in [1.54, 1.807) is 18.3 Å². The second kappa shape index (κ2) is 3.27. The quantitative estimate of drug-likeness (QED) is 0.756. The predicted molar refractivity (Wildman–Crippen MR) is 54.7 cm³/mol. The number of hydrogen-bond donors (Lipinski definition) is 2. The molecule has 0 aliphatic heterocycles. The van der Waals surface area contributed by atoms with Crippen molar-refractivity contribution in [2.75, 3.05) is 11.9 Å². The van der Waals surface area contributed by atoms with Crippen molar-refractivity contribution in [1.29, 1.82) is 0 Å². The average molecular weight is 208 g/mol. The summed E-state index contributed by atoms with van der Waals surface area (Å²) < 4.78 is 13.8. The van der Waals surface area contributed by atoms with Crippen LogP contribution in [0.2, 0.25) is 0 Å². The number of hydrogen-bond acceptors (Lipinski definition) is 1. The number of rotatable bonds is 1. The normalized spacial score (nSPS) is 10.5. The number of nitrogens with one attached hydrogen (secondary N) is 1. The van der Waals surface area contributed by atoms with Gasteiger partial charge in [0.1, 0.15) is 0 Å². The monoisotopic (exact) mass is 208 g/mol. The van der Waals surface area contributed by atoms with Crippen LogP contribution in [0.5, 0.6) is 0 Å². The van der Waals surface area contributed by atoms with Crippen LogP contribution in [0, 0.1) is 5.82 Å². The van der Waals surface area contributed by atoms with Gasteiger partial charge < -0.3 is 10.1 Å². The molecular formula is C10H9FN2O2. The minimum Gasteiger partial charge on any atom is -0.465 e. The van der Waals surface area contributed by atoms with Gasteiger partial charge in [0.05, 0.1) is 5.69 Å². The maximum atomic E-state index is 13.8. The molecule has 2 N–H and O–H groups in total. The van der Waals surface area contributed by atoms with Gasteiger partial charge in [0.2, 0.25) is 0 Å². The molecule has 1 aromatic heterocycles. The molecule has 0 saturated carbocycles. The van der Waals surface area contributed by atoms with Gasteiger partial charge in [0.15, 0.2) is 5.82 Å². The van der Waals surface area contributed by atoms with Crippen molar-refractivity contribution in [1.82, 2.24) is 4.98 Å². The first-order valence-electron chi connectivity index (χ1n) is 4.33. The van der Waals surface area contributed by atoms with Gasteiger partial charge in [-0.25, -0.2) is 9.18 Å². The van der Waals surface area contributed by atoms with Gasteiger partial charge in [0, 0.05) is 24.1 Å². The Morgan fingerprint density at radius 2 is 2.20 bits per heavy atom. The molecule has 0 spiro atoms. The van der Waals surface area contributed by atoms with Crippen molar-refractivity contribution in [3.05, 3.63) is 30.2 Å². The number of aromatic nitrogens is 1. The number of H-pyrrole nitrogens is 1. The highest BCUT2D eigenvalue weighted by molar-refractivity contribution is 5.91. The number of fused-ring (bicyclic) bond motifs is 1. The molecule has 1 amide bonds. The highest BCUT2D eigenvalue weighted by Crippen LogP contribution is 2.25. The molecule has 2 rings (SSSR count). The van der Waals surface area contributed by atoms with E-state index in [0.29, 0.717) is 10.9 Å². The summed E-state index contributed by atoms with van der Waals surface area (Å²) in [6.45, 7) is 0. The van der Waals surface area contributed by atoms with E-state index in [0.717, 1.165) is 4.90 Å². The van der Waals surface area contributed by atoms with E-state index in [4.69, 9.17) is 5.11 Å². The maximum Gasteiger partial charge on any atom is 0.411 e. The summed E-state index contributed by atoms with van der Waals surface area (Å²) in [5.41, 5.74) is 0.699. The molecule has 2 aromatic rings. The largest absolute Gasteiger partial charge is 0.465 e. The first-order chi connectivity index (χ1) is 7.11. The highest BCUT2D eigenvalue weighted by Gasteiger charge is 2.15. The standard InChI is InChI=1S/C10H9FN2O2/c1-13(10(14)15)8-3-2-7-6(9(8)11)4-5-12-7/h2-5,12H,1H3,(H,14,15). The molecule has 5 heteroatoms. The van der Waals surface area contributed by atoms with Crippen molar-refractivity contribution in [3.63, 3.8) is 0 Å². The summed E-state index contributed by atoms with van der Waals surface area (Å²) in [5, 5.41) is 9.12. The van der Waals surface area contributed by atoms with Gasteiger partial charge in [-0.05, 0) is 18.2 Å². The van der Waals surface area contributed by atoms with E-state index in [-0.39, 0.29) is 5.69 Å². The van der Waals surface area contributed by atoms with Crippen molar-refractivity contribution < 1.29 is 14.3 Å². The molecule has 0 aliphatic carbocycles. The summed E-state index contributed by atoms with van der Waals surface area (Å²) in [7, 11) is 1.30. The third-order valence-electron chi connectivity index (χ3n) is 2.30. The minimum atomic E-state index is -1.19. The molecule has 0 fully saturated rings. The van der Waals surface area contributed by atoms with Gasteiger partial charge >= 0.3 is 6.09 Å². The maximum absolute atomic E-state index is 13.8. The number of benzene rings is 1. The van der Waals surface area contributed by atoms with Gasteiger partial charge in [-0.15, -0.1) is 0 Å². The number of nitrogens with zero attached hydrogens (tertiary/aromatic N) is 1. The van der Waals surface area contributed by atoms with Crippen LogP contribution in [0.4, 0.5) is 14.9 Å². The molecule has 1 aromatic carbocycles. The molecule has 0 saturated heterocycles. The molecule has 78 valence electrons. The zero-order chi connectivity index (χ0) is 11.0. The van der Waals surface area contributed by atoms with Crippen LogP contribution in [-0.4, -0.2) is 23.2 Å². The van der Waals surface area contributed by atoms with Gasteiger partial charge in [0.25, 0.3) is 0 Å². The number of halogens is 1. The van der Waals surface area contributed by atoms with E-state index < -0.39 is 11.9 Å². The number of anilines is 1. The van der Waals surface area contributed by atoms with Crippen LogP contribution in [0.15, 0.2) is 24.4 Å². The second-order valence-corrected chi connectivity index (χ2v) is 3.18. The Balaban J connectivity index is 2.62. The molecule has 15 heavy (non-hydrogen) atoms. The molecular weight excluding hydrogens is 199 g/mol. The number of aromatic amines is 1. The zero-order valence-corrected chi connectivity index (χ0v) is 7.99. The van der Waals surface area contributed by atoms with Crippen LogP contribution in [0.25, 0.3) is 10.9 Å². The van der Waals surface area contributed by atoms with E-state index >= 15 is 0 Å². The molecule has 0 unspecified atom stereocenters. The molecule has 0 bridgehead atoms. The van der Waals surface area contributed by atoms with Crippen LogP contribution < -0.4 is 4.90 Å². The topological polar surface area (TPSA) is 56.3 Å². The Hall–Kier alpha value is -2.04. The Morgan fingerprint density at radius 3 is 2.87 bits per heavy atom. The summed E-state index contributed by atoms with van der Waals surface area (Å²) in [5.74, 6) is -0.529. The van der Waals surface area contributed by atoms with E-state index in [9.17, 15) is 9.18 Å². The van der Waals surface area contributed by atoms with Crippen LogP contribution in [0.3, 0.4) is 0 Å². The molecule has 0 radical (unpaired) electrons. The van der Waals surface area contributed by atoms with E-state index in [2.05, 4.69) is 4.98 Å². The lowest BCUT2D eigenvalue weighted by Gasteiger charge is -2.13. The Bertz CT molecular complexity index is 521. The van der Waals surface area contributed by atoms with Crippen molar-refractivity contribution in [2.24, 2.45) is 0 Å². The number of amides is 1. The fourth-order valence-electron chi connectivity index (χ4n) is 1.45. The first-order valence-corrected chi connectivity index (χ1v) is 4.33. The van der Waals surface area contributed by atoms with E-state index in [1.807, 2.05) is 0 Å². The van der Waals surface area contributed by atoms with Crippen LogP contribution in [0.1, 0.15) is 0 Å². The summed E-state index contributed by atoms with van der Waals surface area (Å²) >= 11 is 0. The average Bonchev–Trinajstić information content (AvgIpc) is 2.66. The fraction of sp³-hybridized carbons (Fsp3) is 0.100. The fourth-order valence-corrected chi connectivity index (χ4v) is 1.45. The predicted octanol–water partition coefficient (Wildman–Crippen LogP) is 2.42. The minimum absolute atomic E-state index is 0.0506. The van der Waals surface area contributed by atoms with Gasteiger partial charge in [-0.1, -0.05) is 0 Å². The Morgan fingerprint density at radius 1 is 1.47 bits per heavy atom. The van der Waals surface area contributed by atoms with Crippen LogP contribution in [-0.2, 0) is 0 Å². The Labute approximate surface area is 84.9 Å². The molecule has 4 nitrogen and oxygen atoms in total. The molecule has 0 aliphatic rings. The second-order valence-electron chi connectivity index (χ2n) is 3.18. The van der Waals surface area contributed by atoms with Gasteiger partial charge in [-0.3, -0.25) is 4.90 Å². The first kappa shape index (κ1) is 9.51. The SMILES string of the molecule is CN(C(=O)O)c1ccc2[nH]ccc2c1F. The van der Waals surface area contributed by atoms with Gasteiger partial charge in [-0.2, -0.15) is 0 Å². The lowest BCUT2D eigenvalue weighted by molar-refractivity contribution is 0.203. The number of carboxylic acid groups (broad SMARTS) is 1. The summed E-state index contributed by atoms with van der Waals surface area (Å²) in [6, 6.07) is 4.65. The zero-order valence-electron chi connectivity index (χ0n) is 7.99. The highest BCUT2D eigenvalue weighted by atomic mass is 19.1. The van der Waals surface area contributed by atoms with E-state index in [1.165, 1.54) is 13.1 Å². The van der Waals surface area contributed by atoms with Crippen molar-refractivity contribution in [2.45, 2.75) is 0 Å². The summed E-state index contributed by atoms with van der Waals surface area (Å²) in [4.78, 5) is 14.4. The summed E-state index contributed by atoms with van der Waals surface area (Å²) in [6.07, 6.45) is 0.418. The third kappa shape index (κ3) is 1.41. The number of carbonyl (C=O) groups is 1. The lowest BCUT2D eigenvalue weighted by atomic mass is 10.2. The smallest absolute Gasteiger partial charge is 0.411 e.